The van der Waals surface area contributed by atoms with Crippen LogP contribution in [-0.4, -0.2) is 16.5 Å². The lowest BCUT2D eigenvalue weighted by Gasteiger charge is -2.18. The fourth-order valence-corrected chi connectivity index (χ4v) is 2.64. The number of aromatic nitrogens is 2. The van der Waals surface area contributed by atoms with E-state index in [9.17, 15) is 0 Å². The van der Waals surface area contributed by atoms with Crippen molar-refractivity contribution in [3.63, 3.8) is 0 Å². The zero-order valence-corrected chi connectivity index (χ0v) is 11.3. The Bertz CT molecular complexity index is 561. The molecule has 0 radical (unpaired) electrons. The molecule has 2 aromatic rings. The molecule has 0 saturated heterocycles. The minimum Gasteiger partial charge on any atom is -0.312 e. The Labute approximate surface area is 114 Å². The van der Waals surface area contributed by atoms with Crippen molar-refractivity contribution in [3.8, 4) is 11.3 Å². The summed E-state index contributed by atoms with van der Waals surface area (Å²) in [6.45, 7) is 4.10. The van der Waals surface area contributed by atoms with Gasteiger partial charge < -0.3 is 5.32 Å². The molecule has 0 saturated carbocycles. The Morgan fingerprint density at radius 2 is 2.00 bits per heavy atom. The molecule has 3 heteroatoms. The van der Waals surface area contributed by atoms with Crippen molar-refractivity contribution in [2.75, 3.05) is 6.54 Å². The van der Waals surface area contributed by atoms with Crippen molar-refractivity contribution in [2.24, 2.45) is 0 Å². The predicted molar refractivity (Wildman–Crippen MR) is 76.9 cm³/mol. The third-order valence-electron chi connectivity index (χ3n) is 3.64. The van der Waals surface area contributed by atoms with E-state index in [1.807, 2.05) is 0 Å². The first-order valence-electron chi connectivity index (χ1n) is 7.01. The summed E-state index contributed by atoms with van der Waals surface area (Å²) in [4.78, 5) is 8.89. The molecule has 98 valence electrons. The van der Waals surface area contributed by atoms with E-state index in [2.05, 4.69) is 46.5 Å². The number of nitrogens with one attached hydrogen (secondary N) is 1. The summed E-state index contributed by atoms with van der Waals surface area (Å²) in [6.07, 6.45) is 5.02. The standard InChI is InChI=1S/C16H19N3/c1-2-3-12-4-6-13(7-5-12)16-14-10-17-9-8-15(14)18-11-19-16/h4-7,11,17H,2-3,8-10H2,1H3. The smallest absolute Gasteiger partial charge is 0.116 e. The van der Waals surface area contributed by atoms with Crippen molar-refractivity contribution >= 4 is 0 Å². The minimum atomic E-state index is 0.877. The zero-order valence-electron chi connectivity index (χ0n) is 11.3. The van der Waals surface area contributed by atoms with Crippen LogP contribution in [0.5, 0.6) is 0 Å². The maximum Gasteiger partial charge on any atom is 0.116 e. The van der Waals surface area contributed by atoms with Gasteiger partial charge in [-0.1, -0.05) is 37.6 Å². The van der Waals surface area contributed by atoms with Crippen molar-refractivity contribution in [2.45, 2.75) is 32.7 Å². The first-order valence-corrected chi connectivity index (χ1v) is 7.01. The van der Waals surface area contributed by atoms with Crippen LogP contribution in [0.1, 0.15) is 30.2 Å². The van der Waals surface area contributed by atoms with Crippen LogP contribution in [0.3, 0.4) is 0 Å². The second-order valence-electron chi connectivity index (χ2n) is 5.02. The van der Waals surface area contributed by atoms with Gasteiger partial charge >= 0.3 is 0 Å². The van der Waals surface area contributed by atoms with Gasteiger partial charge in [0.15, 0.2) is 0 Å². The van der Waals surface area contributed by atoms with Gasteiger partial charge in [-0.05, 0) is 12.0 Å². The molecule has 3 nitrogen and oxygen atoms in total. The fourth-order valence-electron chi connectivity index (χ4n) is 2.64. The lowest BCUT2D eigenvalue weighted by Crippen LogP contribution is -2.25. The third-order valence-corrected chi connectivity index (χ3v) is 3.64. The third kappa shape index (κ3) is 2.51. The van der Waals surface area contributed by atoms with Gasteiger partial charge in [-0.3, -0.25) is 0 Å². The summed E-state index contributed by atoms with van der Waals surface area (Å²) in [5, 5.41) is 3.40. The van der Waals surface area contributed by atoms with Crippen LogP contribution in [0.2, 0.25) is 0 Å². The normalized spacial score (nSPS) is 14.2. The molecule has 1 aromatic carbocycles. The molecular weight excluding hydrogens is 234 g/mol. The summed E-state index contributed by atoms with van der Waals surface area (Å²) in [5.74, 6) is 0. The second kappa shape index (κ2) is 5.49. The molecule has 1 aromatic heterocycles. The maximum atomic E-state index is 4.49. The highest BCUT2D eigenvalue weighted by Crippen LogP contribution is 2.25. The zero-order chi connectivity index (χ0) is 13.1. The second-order valence-corrected chi connectivity index (χ2v) is 5.02. The molecule has 0 fully saturated rings. The van der Waals surface area contributed by atoms with Crippen molar-refractivity contribution in [1.82, 2.24) is 15.3 Å². The summed E-state index contributed by atoms with van der Waals surface area (Å²) in [5.41, 5.74) is 6.13. The highest BCUT2D eigenvalue weighted by atomic mass is 14.9. The van der Waals surface area contributed by atoms with Crippen LogP contribution in [0, 0.1) is 0 Å². The van der Waals surface area contributed by atoms with Crippen LogP contribution in [0.4, 0.5) is 0 Å². The Balaban J connectivity index is 1.97. The molecular formula is C16H19N3. The largest absolute Gasteiger partial charge is 0.312 e. The summed E-state index contributed by atoms with van der Waals surface area (Å²) in [6, 6.07) is 8.79. The molecule has 2 heterocycles. The van der Waals surface area contributed by atoms with Crippen LogP contribution in [0.15, 0.2) is 30.6 Å². The highest BCUT2D eigenvalue weighted by Gasteiger charge is 2.15. The van der Waals surface area contributed by atoms with E-state index in [0.717, 1.165) is 31.6 Å². The molecule has 0 aliphatic carbocycles. The topological polar surface area (TPSA) is 37.8 Å². The van der Waals surface area contributed by atoms with E-state index in [4.69, 9.17) is 0 Å². The van der Waals surface area contributed by atoms with Crippen LogP contribution >= 0.6 is 0 Å². The number of rotatable bonds is 3. The average Bonchev–Trinajstić information content (AvgIpc) is 2.48. The van der Waals surface area contributed by atoms with Crippen molar-refractivity contribution in [1.29, 1.82) is 0 Å². The first-order chi connectivity index (χ1) is 9.38. The van der Waals surface area contributed by atoms with Gasteiger partial charge in [0.1, 0.15) is 6.33 Å². The number of aryl methyl sites for hydroxylation is 1. The van der Waals surface area contributed by atoms with Gasteiger partial charge in [0.25, 0.3) is 0 Å². The summed E-state index contributed by atoms with van der Waals surface area (Å²) < 4.78 is 0. The molecule has 0 atom stereocenters. The monoisotopic (exact) mass is 253 g/mol. The Hall–Kier alpha value is -1.74. The molecule has 0 spiro atoms. The number of fused-ring (bicyclic) bond motifs is 1. The lowest BCUT2D eigenvalue weighted by molar-refractivity contribution is 0.627. The number of benzene rings is 1. The van der Waals surface area contributed by atoms with Gasteiger partial charge in [0.2, 0.25) is 0 Å². The number of hydrogen-bond donors (Lipinski definition) is 1. The van der Waals surface area contributed by atoms with Gasteiger partial charge in [0, 0.05) is 30.6 Å². The molecule has 0 amide bonds. The summed E-state index contributed by atoms with van der Waals surface area (Å²) in [7, 11) is 0. The average molecular weight is 253 g/mol. The quantitative estimate of drug-likeness (QED) is 0.914. The summed E-state index contributed by atoms with van der Waals surface area (Å²) >= 11 is 0. The molecule has 1 aliphatic rings. The van der Waals surface area contributed by atoms with E-state index in [1.54, 1.807) is 6.33 Å². The van der Waals surface area contributed by atoms with Crippen LogP contribution in [-0.2, 0) is 19.4 Å². The maximum absolute atomic E-state index is 4.49. The Morgan fingerprint density at radius 3 is 2.79 bits per heavy atom. The minimum absolute atomic E-state index is 0.877. The first kappa shape index (κ1) is 12.3. The number of nitrogens with zero attached hydrogens (tertiary/aromatic N) is 2. The SMILES string of the molecule is CCCc1ccc(-c2ncnc3c2CNCC3)cc1. The Kier molecular flexibility index (Phi) is 3.56. The lowest BCUT2D eigenvalue weighted by atomic mass is 9.99. The van der Waals surface area contributed by atoms with E-state index in [-0.39, 0.29) is 0 Å². The van der Waals surface area contributed by atoms with E-state index >= 15 is 0 Å². The molecule has 1 aliphatic heterocycles. The van der Waals surface area contributed by atoms with E-state index in [0.29, 0.717) is 0 Å². The van der Waals surface area contributed by atoms with Gasteiger partial charge in [-0.15, -0.1) is 0 Å². The van der Waals surface area contributed by atoms with Crippen LogP contribution < -0.4 is 5.32 Å². The fraction of sp³-hybridized carbons (Fsp3) is 0.375. The predicted octanol–water partition coefficient (Wildman–Crippen LogP) is 2.74. The molecule has 0 bridgehead atoms. The molecule has 0 unspecified atom stereocenters. The number of hydrogen-bond acceptors (Lipinski definition) is 3. The van der Waals surface area contributed by atoms with Gasteiger partial charge in [-0.25, -0.2) is 9.97 Å². The van der Waals surface area contributed by atoms with Gasteiger partial charge in [0.05, 0.1) is 11.4 Å². The molecule has 19 heavy (non-hydrogen) atoms. The highest BCUT2D eigenvalue weighted by molar-refractivity contribution is 5.64. The van der Waals surface area contributed by atoms with Gasteiger partial charge in [-0.2, -0.15) is 0 Å². The molecule has 1 N–H and O–H groups in total. The van der Waals surface area contributed by atoms with E-state index < -0.39 is 0 Å². The Morgan fingerprint density at radius 1 is 1.16 bits per heavy atom. The van der Waals surface area contributed by atoms with Crippen molar-refractivity contribution < 1.29 is 0 Å². The van der Waals surface area contributed by atoms with Crippen LogP contribution in [0.25, 0.3) is 11.3 Å². The van der Waals surface area contributed by atoms with E-state index in [1.165, 1.54) is 28.8 Å². The van der Waals surface area contributed by atoms with Crippen molar-refractivity contribution in [3.05, 3.63) is 47.4 Å². The molecule has 3 rings (SSSR count).